The lowest BCUT2D eigenvalue weighted by molar-refractivity contribution is -0.120. The summed E-state index contributed by atoms with van der Waals surface area (Å²) in [7, 11) is 0. The topological polar surface area (TPSA) is 29.1 Å². The average molecular weight is 320 g/mol. The molecule has 0 aromatic heterocycles. The van der Waals surface area contributed by atoms with E-state index in [-0.39, 0.29) is 11.2 Å². The highest BCUT2D eigenvalue weighted by molar-refractivity contribution is 8.00. The van der Waals surface area contributed by atoms with Crippen LogP contribution in [-0.4, -0.2) is 11.2 Å². The van der Waals surface area contributed by atoms with Crippen LogP contribution in [0, 0.1) is 6.92 Å². The van der Waals surface area contributed by atoms with E-state index in [9.17, 15) is 4.79 Å². The van der Waals surface area contributed by atoms with Gasteiger partial charge in [0.15, 0.2) is 0 Å². The van der Waals surface area contributed by atoms with Crippen LogP contribution in [-0.2, 0) is 11.3 Å². The molecule has 2 rings (SSSR count). The number of hydrogen-bond donors (Lipinski definition) is 1. The number of aryl methyl sites for hydroxylation is 1. The van der Waals surface area contributed by atoms with E-state index in [1.54, 1.807) is 0 Å². The van der Waals surface area contributed by atoms with Gasteiger partial charge in [-0.3, -0.25) is 4.79 Å². The van der Waals surface area contributed by atoms with Crippen molar-refractivity contribution in [3.8, 4) is 0 Å². The molecule has 0 aliphatic carbocycles. The van der Waals surface area contributed by atoms with E-state index in [0.717, 1.165) is 10.5 Å². The molecule has 110 valence electrons. The van der Waals surface area contributed by atoms with Gasteiger partial charge in [-0.1, -0.05) is 53.6 Å². The molecule has 0 unspecified atom stereocenters. The van der Waals surface area contributed by atoms with Crippen LogP contribution < -0.4 is 5.32 Å². The molecule has 0 spiro atoms. The van der Waals surface area contributed by atoms with E-state index in [1.165, 1.54) is 17.3 Å². The third kappa shape index (κ3) is 4.80. The van der Waals surface area contributed by atoms with Crippen molar-refractivity contribution in [3.05, 3.63) is 64.7 Å². The lowest BCUT2D eigenvalue weighted by atomic mass is 10.1. The summed E-state index contributed by atoms with van der Waals surface area (Å²) in [5.74, 6) is 0.0143. The van der Waals surface area contributed by atoms with Crippen molar-refractivity contribution < 1.29 is 4.79 Å². The molecule has 2 aromatic carbocycles. The number of nitrogens with one attached hydrogen (secondary N) is 1. The highest BCUT2D eigenvalue weighted by Crippen LogP contribution is 2.29. The summed E-state index contributed by atoms with van der Waals surface area (Å²) in [5, 5.41) is 3.45. The molecule has 2 nitrogen and oxygen atoms in total. The maximum absolute atomic E-state index is 12.1. The van der Waals surface area contributed by atoms with Crippen LogP contribution in [0.25, 0.3) is 0 Å². The van der Waals surface area contributed by atoms with Gasteiger partial charge in [-0.15, -0.1) is 11.8 Å². The molecule has 1 amide bonds. The van der Waals surface area contributed by atoms with Crippen molar-refractivity contribution in [2.45, 2.75) is 30.5 Å². The van der Waals surface area contributed by atoms with Crippen molar-refractivity contribution in [2.24, 2.45) is 0 Å². The highest BCUT2D eigenvalue weighted by Gasteiger charge is 2.15. The minimum absolute atomic E-state index is 0.0143. The summed E-state index contributed by atoms with van der Waals surface area (Å²) in [5.41, 5.74) is 2.32. The number of amides is 1. The van der Waals surface area contributed by atoms with Crippen LogP contribution >= 0.6 is 23.4 Å². The molecule has 4 heteroatoms. The Morgan fingerprint density at radius 3 is 2.52 bits per heavy atom. The van der Waals surface area contributed by atoms with E-state index in [1.807, 2.05) is 62.4 Å². The molecule has 0 heterocycles. The number of hydrogen-bond acceptors (Lipinski definition) is 2. The molecule has 2 aromatic rings. The van der Waals surface area contributed by atoms with Crippen LogP contribution in [0.4, 0.5) is 0 Å². The Kier molecular flexibility index (Phi) is 5.71. The van der Waals surface area contributed by atoms with E-state index >= 15 is 0 Å². The Balaban J connectivity index is 1.88. The van der Waals surface area contributed by atoms with E-state index in [2.05, 4.69) is 5.32 Å². The molecule has 0 saturated carbocycles. The third-order valence-electron chi connectivity index (χ3n) is 3.10. The Labute approximate surface area is 134 Å². The fraction of sp³-hybridized carbons (Fsp3) is 0.235. The number of carbonyl (C=O) groups excluding carboxylic acids is 1. The molecule has 0 saturated heterocycles. The smallest absolute Gasteiger partial charge is 0.233 e. The second kappa shape index (κ2) is 7.53. The quantitative estimate of drug-likeness (QED) is 0.825. The fourth-order valence-corrected chi connectivity index (χ4v) is 3.00. The number of benzene rings is 2. The zero-order chi connectivity index (χ0) is 15.2. The van der Waals surface area contributed by atoms with Crippen LogP contribution in [0.3, 0.4) is 0 Å². The first-order chi connectivity index (χ1) is 10.1. The Morgan fingerprint density at radius 1 is 1.19 bits per heavy atom. The van der Waals surface area contributed by atoms with E-state index in [4.69, 9.17) is 11.6 Å². The number of carbonyl (C=O) groups is 1. The normalized spacial score (nSPS) is 12.0. The van der Waals surface area contributed by atoms with Crippen LogP contribution in [0.5, 0.6) is 0 Å². The molecule has 1 atom stereocenters. The Bertz CT molecular complexity index is 612. The molecular weight excluding hydrogens is 302 g/mol. The molecule has 21 heavy (non-hydrogen) atoms. The Hall–Kier alpha value is -1.45. The second-order valence-electron chi connectivity index (χ2n) is 4.89. The van der Waals surface area contributed by atoms with E-state index in [0.29, 0.717) is 11.6 Å². The molecule has 0 aliphatic rings. The van der Waals surface area contributed by atoms with E-state index < -0.39 is 0 Å². The van der Waals surface area contributed by atoms with Crippen molar-refractivity contribution in [1.82, 2.24) is 5.32 Å². The zero-order valence-corrected chi connectivity index (χ0v) is 13.7. The third-order valence-corrected chi connectivity index (χ3v) is 4.72. The highest BCUT2D eigenvalue weighted by atomic mass is 35.5. The lowest BCUT2D eigenvalue weighted by Crippen LogP contribution is -2.30. The van der Waals surface area contributed by atoms with Gasteiger partial charge < -0.3 is 5.32 Å². The summed E-state index contributed by atoms with van der Waals surface area (Å²) >= 11 is 7.58. The summed E-state index contributed by atoms with van der Waals surface area (Å²) in [6.07, 6.45) is 0. The first-order valence-corrected chi connectivity index (χ1v) is 8.06. The van der Waals surface area contributed by atoms with Crippen molar-refractivity contribution in [2.75, 3.05) is 0 Å². The van der Waals surface area contributed by atoms with Gasteiger partial charge in [0.1, 0.15) is 0 Å². The molecule has 1 N–H and O–H groups in total. The zero-order valence-electron chi connectivity index (χ0n) is 12.1. The first kappa shape index (κ1) is 15.9. The number of rotatable bonds is 5. The number of halogens is 1. The summed E-state index contributed by atoms with van der Waals surface area (Å²) in [4.78, 5) is 13.1. The molecule has 0 radical (unpaired) electrons. The first-order valence-electron chi connectivity index (χ1n) is 6.80. The molecule has 0 fully saturated rings. The molecule has 0 bridgehead atoms. The van der Waals surface area contributed by atoms with Gasteiger partial charge in [0.25, 0.3) is 0 Å². The summed E-state index contributed by atoms with van der Waals surface area (Å²) in [6, 6.07) is 15.7. The van der Waals surface area contributed by atoms with Gasteiger partial charge in [0.2, 0.25) is 5.91 Å². The lowest BCUT2D eigenvalue weighted by Gasteiger charge is -2.13. The van der Waals surface area contributed by atoms with Gasteiger partial charge in [-0.25, -0.2) is 0 Å². The van der Waals surface area contributed by atoms with Gasteiger partial charge in [-0.2, -0.15) is 0 Å². The largest absolute Gasteiger partial charge is 0.351 e. The van der Waals surface area contributed by atoms with Crippen molar-refractivity contribution in [3.63, 3.8) is 0 Å². The van der Waals surface area contributed by atoms with Crippen molar-refractivity contribution >= 4 is 29.3 Å². The van der Waals surface area contributed by atoms with Crippen molar-refractivity contribution in [1.29, 1.82) is 0 Å². The minimum Gasteiger partial charge on any atom is -0.351 e. The van der Waals surface area contributed by atoms with Crippen LogP contribution in [0.2, 0.25) is 5.02 Å². The minimum atomic E-state index is -0.185. The van der Waals surface area contributed by atoms with Crippen LogP contribution in [0.15, 0.2) is 53.4 Å². The SMILES string of the molecule is Cc1ccc(CNC(=O)[C@H](C)Sc2ccccc2Cl)cc1. The fourth-order valence-electron chi connectivity index (χ4n) is 1.82. The predicted molar refractivity (Wildman–Crippen MR) is 89.8 cm³/mol. The second-order valence-corrected chi connectivity index (χ2v) is 6.68. The summed E-state index contributed by atoms with van der Waals surface area (Å²) < 4.78 is 0. The van der Waals surface area contributed by atoms with Gasteiger partial charge in [-0.05, 0) is 31.5 Å². The predicted octanol–water partition coefficient (Wildman–Crippen LogP) is 4.45. The maximum Gasteiger partial charge on any atom is 0.233 e. The number of thioether (sulfide) groups is 1. The molecule has 0 aliphatic heterocycles. The van der Waals surface area contributed by atoms with Gasteiger partial charge in [0.05, 0.1) is 10.3 Å². The monoisotopic (exact) mass is 319 g/mol. The maximum atomic E-state index is 12.1. The summed E-state index contributed by atoms with van der Waals surface area (Å²) in [6.45, 7) is 4.48. The van der Waals surface area contributed by atoms with Crippen LogP contribution in [0.1, 0.15) is 18.1 Å². The standard InChI is InChI=1S/C17H18ClNOS/c1-12-7-9-14(10-8-12)11-19-17(20)13(2)21-16-6-4-3-5-15(16)18/h3-10,13H,11H2,1-2H3,(H,19,20)/t13-/m0/s1. The van der Waals surface area contributed by atoms with Gasteiger partial charge in [0, 0.05) is 11.4 Å². The average Bonchev–Trinajstić information content (AvgIpc) is 2.48. The van der Waals surface area contributed by atoms with Gasteiger partial charge >= 0.3 is 0 Å². The molecular formula is C17H18ClNOS. The Morgan fingerprint density at radius 2 is 1.86 bits per heavy atom.